The Hall–Kier alpha value is -1.58. The summed E-state index contributed by atoms with van der Waals surface area (Å²) in [5.41, 5.74) is 8.89. The molecule has 0 saturated carbocycles. The normalized spacial score (nSPS) is 16.9. The average Bonchev–Trinajstić information content (AvgIpc) is 2.97. The zero-order chi connectivity index (χ0) is 13.9. The molecule has 0 fully saturated rings. The third-order valence-electron chi connectivity index (χ3n) is 4.18. The van der Waals surface area contributed by atoms with Gasteiger partial charge in [0.1, 0.15) is 11.5 Å². The fourth-order valence-corrected chi connectivity index (χ4v) is 2.99. The number of benzene rings is 1. The van der Waals surface area contributed by atoms with E-state index >= 15 is 0 Å². The molecule has 0 radical (unpaired) electrons. The Labute approximate surface area is 120 Å². The monoisotopic (exact) mass is 270 g/mol. The van der Waals surface area contributed by atoms with Gasteiger partial charge in [-0.15, -0.1) is 0 Å². The predicted octanol–water partition coefficient (Wildman–Crippen LogP) is 2.90. The van der Waals surface area contributed by atoms with Gasteiger partial charge in [-0.25, -0.2) is 0 Å². The van der Waals surface area contributed by atoms with Crippen LogP contribution >= 0.6 is 0 Å². The Bertz CT molecular complexity index is 576. The standard InChI is InChI=1S/C17H22N2O/c1-2-15-7-8-17(20-15)16(11-18)19-10-9-13-5-3-4-6-14(13)12-19/h3-8,16H,2,9-12,18H2,1H3. The van der Waals surface area contributed by atoms with Crippen molar-refractivity contribution in [2.75, 3.05) is 13.1 Å². The van der Waals surface area contributed by atoms with Crippen LogP contribution in [-0.2, 0) is 19.4 Å². The Kier molecular flexibility index (Phi) is 3.90. The number of fused-ring (bicyclic) bond motifs is 1. The van der Waals surface area contributed by atoms with Crippen molar-refractivity contribution in [1.29, 1.82) is 0 Å². The van der Waals surface area contributed by atoms with Crippen molar-refractivity contribution >= 4 is 0 Å². The molecule has 3 nitrogen and oxygen atoms in total. The zero-order valence-electron chi connectivity index (χ0n) is 12.0. The van der Waals surface area contributed by atoms with Crippen LogP contribution in [0.1, 0.15) is 35.6 Å². The van der Waals surface area contributed by atoms with Gasteiger partial charge in [0, 0.05) is 26.1 Å². The highest BCUT2D eigenvalue weighted by Crippen LogP contribution is 2.28. The number of rotatable bonds is 4. The summed E-state index contributed by atoms with van der Waals surface area (Å²) < 4.78 is 5.91. The molecule has 2 N–H and O–H groups in total. The minimum Gasteiger partial charge on any atom is -0.464 e. The molecule has 1 aliphatic heterocycles. The lowest BCUT2D eigenvalue weighted by Gasteiger charge is -2.34. The largest absolute Gasteiger partial charge is 0.464 e. The van der Waals surface area contributed by atoms with E-state index in [2.05, 4.69) is 48.2 Å². The van der Waals surface area contributed by atoms with Gasteiger partial charge in [-0.3, -0.25) is 4.90 Å². The molecule has 0 bridgehead atoms. The first-order valence-electron chi connectivity index (χ1n) is 7.41. The molecule has 3 heteroatoms. The van der Waals surface area contributed by atoms with Crippen LogP contribution in [0.15, 0.2) is 40.8 Å². The zero-order valence-corrected chi connectivity index (χ0v) is 12.0. The summed E-state index contributed by atoms with van der Waals surface area (Å²) in [6, 6.07) is 13.0. The second-order valence-corrected chi connectivity index (χ2v) is 5.40. The summed E-state index contributed by atoms with van der Waals surface area (Å²) in [6.45, 7) is 4.71. The molecule has 1 unspecified atom stereocenters. The lowest BCUT2D eigenvalue weighted by Crippen LogP contribution is -2.37. The van der Waals surface area contributed by atoms with Crippen LogP contribution in [0.5, 0.6) is 0 Å². The molecular formula is C17H22N2O. The van der Waals surface area contributed by atoms with E-state index < -0.39 is 0 Å². The highest BCUT2D eigenvalue weighted by atomic mass is 16.3. The van der Waals surface area contributed by atoms with E-state index in [9.17, 15) is 0 Å². The molecule has 1 aliphatic rings. The van der Waals surface area contributed by atoms with Crippen LogP contribution in [0.3, 0.4) is 0 Å². The van der Waals surface area contributed by atoms with Crippen molar-refractivity contribution in [3.8, 4) is 0 Å². The van der Waals surface area contributed by atoms with Gasteiger partial charge < -0.3 is 10.2 Å². The third kappa shape index (κ3) is 2.51. The van der Waals surface area contributed by atoms with Crippen LogP contribution in [0.2, 0.25) is 0 Å². The van der Waals surface area contributed by atoms with E-state index in [0.717, 1.165) is 37.5 Å². The van der Waals surface area contributed by atoms with Gasteiger partial charge in [0.05, 0.1) is 6.04 Å². The van der Waals surface area contributed by atoms with Crippen molar-refractivity contribution in [2.45, 2.75) is 32.4 Å². The summed E-state index contributed by atoms with van der Waals surface area (Å²) in [7, 11) is 0. The summed E-state index contributed by atoms with van der Waals surface area (Å²) in [4.78, 5) is 2.43. The SMILES string of the molecule is CCc1ccc(C(CN)N2CCc3ccccc3C2)o1. The van der Waals surface area contributed by atoms with Crippen molar-refractivity contribution in [3.05, 3.63) is 59.0 Å². The summed E-state index contributed by atoms with van der Waals surface area (Å²) in [5.74, 6) is 2.04. The molecule has 2 aromatic rings. The van der Waals surface area contributed by atoms with Gasteiger partial charge in [0.15, 0.2) is 0 Å². The van der Waals surface area contributed by atoms with Gasteiger partial charge >= 0.3 is 0 Å². The van der Waals surface area contributed by atoms with Crippen LogP contribution in [0, 0.1) is 0 Å². The van der Waals surface area contributed by atoms with E-state index in [1.54, 1.807) is 0 Å². The van der Waals surface area contributed by atoms with Crippen LogP contribution < -0.4 is 5.73 Å². The molecule has 0 spiro atoms. The van der Waals surface area contributed by atoms with Crippen LogP contribution in [0.4, 0.5) is 0 Å². The average molecular weight is 270 g/mol. The smallest absolute Gasteiger partial charge is 0.122 e. The molecule has 0 saturated heterocycles. The highest BCUT2D eigenvalue weighted by Gasteiger charge is 2.25. The quantitative estimate of drug-likeness (QED) is 0.929. The number of aryl methyl sites for hydroxylation is 1. The first-order chi connectivity index (χ1) is 9.81. The minimum absolute atomic E-state index is 0.184. The number of nitrogens with two attached hydrogens (primary N) is 1. The predicted molar refractivity (Wildman–Crippen MR) is 80.4 cm³/mol. The first-order valence-corrected chi connectivity index (χ1v) is 7.41. The lowest BCUT2D eigenvalue weighted by molar-refractivity contribution is 0.161. The number of nitrogens with zero attached hydrogens (tertiary/aromatic N) is 1. The number of hydrogen-bond donors (Lipinski definition) is 1. The topological polar surface area (TPSA) is 42.4 Å². The summed E-state index contributed by atoms with van der Waals surface area (Å²) in [5, 5.41) is 0. The van der Waals surface area contributed by atoms with Crippen molar-refractivity contribution in [1.82, 2.24) is 4.90 Å². The summed E-state index contributed by atoms with van der Waals surface area (Å²) in [6.07, 6.45) is 2.02. The van der Waals surface area contributed by atoms with Crippen molar-refractivity contribution < 1.29 is 4.42 Å². The molecular weight excluding hydrogens is 248 g/mol. The van der Waals surface area contributed by atoms with Gasteiger partial charge in [-0.1, -0.05) is 31.2 Å². The fourth-order valence-electron chi connectivity index (χ4n) is 2.99. The van der Waals surface area contributed by atoms with Gasteiger partial charge in [0.2, 0.25) is 0 Å². The Morgan fingerprint density at radius 3 is 2.70 bits per heavy atom. The van der Waals surface area contributed by atoms with E-state index in [-0.39, 0.29) is 6.04 Å². The van der Waals surface area contributed by atoms with Crippen molar-refractivity contribution in [2.24, 2.45) is 5.73 Å². The maximum atomic E-state index is 6.00. The first kappa shape index (κ1) is 13.4. The highest BCUT2D eigenvalue weighted by molar-refractivity contribution is 5.29. The molecule has 1 aromatic heterocycles. The molecule has 1 aromatic carbocycles. The molecule has 0 aliphatic carbocycles. The molecule has 3 rings (SSSR count). The molecule has 1 atom stereocenters. The van der Waals surface area contributed by atoms with Crippen LogP contribution in [-0.4, -0.2) is 18.0 Å². The Morgan fingerprint density at radius 1 is 1.20 bits per heavy atom. The third-order valence-corrected chi connectivity index (χ3v) is 4.18. The molecule has 106 valence electrons. The number of furan rings is 1. The van der Waals surface area contributed by atoms with E-state index in [4.69, 9.17) is 10.2 Å². The van der Waals surface area contributed by atoms with Crippen LogP contribution in [0.25, 0.3) is 0 Å². The fraction of sp³-hybridized carbons (Fsp3) is 0.412. The molecule has 0 amide bonds. The molecule has 2 heterocycles. The Balaban J connectivity index is 1.81. The minimum atomic E-state index is 0.184. The van der Waals surface area contributed by atoms with Gasteiger partial charge in [-0.2, -0.15) is 0 Å². The maximum absolute atomic E-state index is 6.00. The second kappa shape index (κ2) is 5.81. The lowest BCUT2D eigenvalue weighted by atomic mass is 9.98. The number of hydrogen-bond acceptors (Lipinski definition) is 3. The Morgan fingerprint density at radius 2 is 2.00 bits per heavy atom. The van der Waals surface area contributed by atoms with Gasteiger partial charge in [0.25, 0.3) is 0 Å². The van der Waals surface area contributed by atoms with E-state index in [1.165, 1.54) is 11.1 Å². The maximum Gasteiger partial charge on any atom is 0.122 e. The van der Waals surface area contributed by atoms with E-state index in [0.29, 0.717) is 6.54 Å². The molecule has 20 heavy (non-hydrogen) atoms. The van der Waals surface area contributed by atoms with Crippen molar-refractivity contribution in [3.63, 3.8) is 0 Å². The van der Waals surface area contributed by atoms with E-state index in [1.807, 2.05) is 0 Å². The second-order valence-electron chi connectivity index (χ2n) is 5.40. The summed E-state index contributed by atoms with van der Waals surface area (Å²) >= 11 is 0. The van der Waals surface area contributed by atoms with Gasteiger partial charge in [-0.05, 0) is 29.7 Å².